The van der Waals surface area contributed by atoms with Crippen molar-refractivity contribution in [2.45, 2.75) is 50.7 Å². The van der Waals surface area contributed by atoms with Gasteiger partial charge in [-0.1, -0.05) is 6.07 Å². The minimum absolute atomic E-state index is 0.474. The van der Waals surface area contributed by atoms with Gasteiger partial charge in [-0.2, -0.15) is 0 Å². The SMILES string of the molecule is COc1ccc2c(c1)C(NCCC1CCCCO1)CC2. The number of nitrogens with one attached hydrogen (secondary N) is 1. The van der Waals surface area contributed by atoms with Gasteiger partial charge in [0.15, 0.2) is 0 Å². The van der Waals surface area contributed by atoms with E-state index in [0.29, 0.717) is 12.1 Å². The molecule has 1 aromatic carbocycles. The highest BCUT2D eigenvalue weighted by Crippen LogP contribution is 2.33. The highest BCUT2D eigenvalue weighted by atomic mass is 16.5. The summed E-state index contributed by atoms with van der Waals surface area (Å²) < 4.78 is 11.1. The molecular weight excluding hydrogens is 250 g/mol. The Kier molecular flexibility index (Phi) is 4.58. The molecule has 1 N–H and O–H groups in total. The fourth-order valence-corrected chi connectivity index (χ4v) is 3.37. The molecule has 2 atom stereocenters. The molecule has 1 fully saturated rings. The summed E-state index contributed by atoms with van der Waals surface area (Å²) in [6.45, 7) is 2.00. The van der Waals surface area contributed by atoms with Crippen molar-refractivity contribution < 1.29 is 9.47 Å². The number of methoxy groups -OCH3 is 1. The van der Waals surface area contributed by atoms with Crippen LogP contribution in [-0.4, -0.2) is 26.4 Å². The first-order valence-electron chi connectivity index (χ1n) is 7.88. The minimum atomic E-state index is 0.474. The van der Waals surface area contributed by atoms with Crippen LogP contribution < -0.4 is 10.1 Å². The molecule has 1 aliphatic carbocycles. The number of hydrogen-bond donors (Lipinski definition) is 1. The van der Waals surface area contributed by atoms with Crippen LogP contribution in [0.5, 0.6) is 5.75 Å². The lowest BCUT2D eigenvalue weighted by atomic mass is 10.1. The molecule has 110 valence electrons. The summed E-state index contributed by atoms with van der Waals surface area (Å²) in [5, 5.41) is 3.70. The van der Waals surface area contributed by atoms with Crippen LogP contribution in [0.1, 0.15) is 49.3 Å². The van der Waals surface area contributed by atoms with E-state index < -0.39 is 0 Å². The molecule has 3 rings (SSSR count). The van der Waals surface area contributed by atoms with Crippen molar-refractivity contribution in [2.24, 2.45) is 0 Å². The van der Waals surface area contributed by atoms with E-state index in [0.717, 1.165) is 25.3 Å². The van der Waals surface area contributed by atoms with Crippen molar-refractivity contribution in [1.29, 1.82) is 0 Å². The smallest absolute Gasteiger partial charge is 0.119 e. The van der Waals surface area contributed by atoms with Crippen molar-refractivity contribution in [3.8, 4) is 5.75 Å². The highest BCUT2D eigenvalue weighted by Gasteiger charge is 2.23. The first-order valence-corrected chi connectivity index (χ1v) is 7.88. The maximum atomic E-state index is 5.79. The number of benzene rings is 1. The zero-order valence-corrected chi connectivity index (χ0v) is 12.4. The molecule has 3 nitrogen and oxygen atoms in total. The molecule has 3 heteroatoms. The Morgan fingerprint density at radius 1 is 1.30 bits per heavy atom. The third-order valence-electron chi connectivity index (χ3n) is 4.56. The standard InChI is InChI=1S/C17H25NO2/c1-19-15-7-5-13-6-8-17(16(13)12-15)18-10-9-14-4-2-3-11-20-14/h5,7,12,14,17-18H,2-4,6,8-11H2,1H3. The van der Waals surface area contributed by atoms with Gasteiger partial charge in [-0.3, -0.25) is 0 Å². The quantitative estimate of drug-likeness (QED) is 0.895. The van der Waals surface area contributed by atoms with Crippen LogP contribution in [0, 0.1) is 0 Å². The van der Waals surface area contributed by atoms with Crippen molar-refractivity contribution in [3.63, 3.8) is 0 Å². The summed E-state index contributed by atoms with van der Waals surface area (Å²) in [7, 11) is 1.74. The average molecular weight is 275 g/mol. The lowest BCUT2D eigenvalue weighted by molar-refractivity contribution is 0.0112. The van der Waals surface area contributed by atoms with E-state index in [1.165, 1.54) is 43.2 Å². The summed E-state index contributed by atoms with van der Waals surface area (Å²) in [4.78, 5) is 0. The Bertz CT molecular complexity index is 441. The first-order chi connectivity index (χ1) is 9.86. The molecule has 1 heterocycles. The Morgan fingerprint density at radius 2 is 2.25 bits per heavy atom. The Hall–Kier alpha value is -1.06. The summed E-state index contributed by atoms with van der Waals surface area (Å²) in [5.74, 6) is 0.966. The molecule has 0 radical (unpaired) electrons. The molecule has 1 aromatic rings. The zero-order valence-electron chi connectivity index (χ0n) is 12.4. The van der Waals surface area contributed by atoms with E-state index in [9.17, 15) is 0 Å². The van der Waals surface area contributed by atoms with Gasteiger partial charge in [0.25, 0.3) is 0 Å². The van der Waals surface area contributed by atoms with Crippen molar-refractivity contribution in [2.75, 3.05) is 20.3 Å². The topological polar surface area (TPSA) is 30.5 Å². The monoisotopic (exact) mass is 275 g/mol. The predicted octanol–water partition coefficient (Wildman–Crippen LogP) is 3.23. The normalized spacial score (nSPS) is 25.4. The lowest BCUT2D eigenvalue weighted by Crippen LogP contribution is -2.27. The van der Waals surface area contributed by atoms with Gasteiger partial charge < -0.3 is 14.8 Å². The van der Waals surface area contributed by atoms with Gasteiger partial charge in [-0.15, -0.1) is 0 Å². The Morgan fingerprint density at radius 3 is 3.05 bits per heavy atom. The minimum Gasteiger partial charge on any atom is -0.497 e. The zero-order chi connectivity index (χ0) is 13.8. The fourth-order valence-electron chi connectivity index (χ4n) is 3.37. The maximum absolute atomic E-state index is 5.79. The summed E-state index contributed by atoms with van der Waals surface area (Å²) in [5.41, 5.74) is 2.89. The molecule has 0 amide bonds. The van der Waals surface area contributed by atoms with E-state index in [-0.39, 0.29) is 0 Å². The third kappa shape index (κ3) is 3.15. The summed E-state index contributed by atoms with van der Waals surface area (Å²) in [6, 6.07) is 6.96. The van der Waals surface area contributed by atoms with Gasteiger partial charge in [0, 0.05) is 12.6 Å². The van der Waals surface area contributed by atoms with Crippen LogP contribution in [0.4, 0.5) is 0 Å². The van der Waals surface area contributed by atoms with E-state index in [1.54, 1.807) is 7.11 Å². The lowest BCUT2D eigenvalue weighted by Gasteiger charge is -2.23. The highest BCUT2D eigenvalue weighted by molar-refractivity contribution is 5.40. The van der Waals surface area contributed by atoms with Gasteiger partial charge >= 0.3 is 0 Å². The van der Waals surface area contributed by atoms with Gasteiger partial charge in [0.1, 0.15) is 5.75 Å². The number of aryl methyl sites for hydroxylation is 1. The predicted molar refractivity (Wildman–Crippen MR) is 80.3 cm³/mol. The molecule has 2 unspecified atom stereocenters. The molecule has 1 aliphatic heterocycles. The molecular formula is C17H25NO2. The average Bonchev–Trinajstić information content (AvgIpc) is 2.91. The van der Waals surface area contributed by atoms with Gasteiger partial charge in [0.05, 0.1) is 13.2 Å². The third-order valence-corrected chi connectivity index (χ3v) is 4.56. The van der Waals surface area contributed by atoms with Gasteiger partial charge in [-0.05, 0) is 68.3 Å². The van der Waals surface area contributed by atoms with Gasteiger partial charge in [0.2, 0.25) is 0 Å². The maximum Gasteiger partial charge on any atom is 0.119 e. The van der Waals surface area contributed by atoms with Crippen molar-refractivity contribution in [1.82, 2.24) is 5.32 Å². The first kappa shape index (κ1) is 13.9. The molecule has 0 saturated carbocycles. The summed E-state index contributed by atoms with van der Waals surface area (Å²) >= 11 is 0. The van der Waals surface area contributed by atoms with Crippen LogP contribution >= 0.6 is 0 Å². The van der Waals surface area contributed by atoms with E-state index in [1.807, 2.05) is 0 Å². The van der Waals surface area contributed by atoms with Crippen LogP contribution in [0.2, 0.25) is 0 Å². The molecule has 1 saturated heterocycles. The fraction of sp³-hybridized carbons (Fsp3) is 0.647. The molecule has 0 aromatic heterocycles. The van der Waals surface area contributed by atoms with E-state index in [4.69, 9.17) is 9.47 Å². The van der Waals surface area contributed by atoms with E-state index >= 15 is 0 Å². The second kappa shape index (κ2) is 6.59. The van der Waals surface area contributed by atoms with Crippen molar-refractivity contribution >= 4 is 0 Å². The number of hydrogen-bond acceptors (Lipinski definition) is 3. The second-order valence-electron chi connectivity index (χ2n) is 5.89. The molecule has 20 heavy (non-hydrogen) atoms. The molecule has 0 spiro atoms. The summed E-state index contributed by atoms with van der Waals surface area (Å²) in [6.07, 6.45) is 7.79. The molecule has 2 aliphatic rings. The van der Waals surface area contributed by atoms with Crippen LogP contribution in [0.3, 0.4) is 0 Å². The van der Waals surface area contributed by atoms with Crippen molar-refractivity contribution in [3.05, 3.63) is 29.3 Å². The number of ether oxygens (including phenoxy) is 2. The van der Waals surface area contributed by atoms with Crippen LogP contribution in [0.15, 0.2) is 18.2 Å². The number of fused-ring (bicyclic) bond motifs is 1. The largest absolute Gasteiger partial charge is 0.497 e. The van der Waals surface area contributed by atoms with Gasteiger partial charge in [-0.25, -0.2) is 0 Å². The van der Waals surface area contributed by atoms with Crippen LogP contribution in [0.25, 0.3) is 0 Å². The number of rotatable bonds is 5. The Balaban J connectivity index is 1.52. The van der Waals surface area contributed by atoms with Crippen LogP contribution in [-0.2, 0) is 11.2 Å². The van der Waals surface area contributed by atoms with E-state index in [2.05, 4.69) is 23.5 Å². The molecule has 0 bridgehead atoms. The second-order valence-corrected chi connectivity index (χ2v) is 5.89. The Labute approximate surface area is 121 Å².